The molecule has 0 saturated heterocycles. The van der Waals surface area contributed by atoms with Crippen LogP contribution in [0.15, 0.2) is 24.3 Å². The summed E-state index contributed by atoms with van der Waals surface area (Å²) in [7, 11) is 0. The third-order valence-corrected chi connectivity index (χ3v) is 3.62. The van der Waals surface area contributed by atoms with Gasteiger partial charge in [-0.15, -0.1) is 0 Å². The second-order valence-electron chi connectivity index (χ2n) is 4.74. The SMILES string of the molecule is CCN(CCC#N)C1CCc2ccccc2NC1=O. The fourth-order valence-electron chi connectivity index (χ4n) is 2.58. The van der Waals surface area contributed by atoms with E-state index in [1.54, 1.807) is 0 Å². The van der Waals surface area contributed by atoms with Gasteiger partial charge in [-0.25, -0.2) is 0 Å². The molecule has 1 unspecified atom stereocenters. The number of nitriles is 1. The van der Waals surface area contributed by atoms with Gasteiger partial charge >= 0.3 is 0 Å². The lowest BCUT2D eigenvalue weighted by molar-refractivity contribution is -0.121. The van der Waals surface area contributed by atoms with Crippen molar-refractivity contribution in [1.29, 1.82) is 5.26 Å². The number of carbonyl (C=O) groups excluding carboxylic acids is 1. The van der Waals surface area contributed by atoms with Crippen molar-refractivity contribution in [1.82, 2.24) is 4.90 Å². The van der Waals surface area contributed by atoms with Crippen molar-refractivity contribution in [2.45, 2.75) is 32.2 Å². The number of nitrogens with one attached hydrogen (secondary N) is 1. The van der Waals surface area contributed by atoms with Gasteiger partial charge in [0.1, 0.15) is 0 Å². The van der Waals surface area contributed by atoms with E-state index in [0.29, 0.717) is 13.0 Å². The van der Waals surface area contributed by atoms with E-state index in [9.17, 15) is 4.79 Å². The predicted octanol–water partition coefficient (Wildman–Crippen LogP) is 2.18. The van der Waals surface area contributed by atoms with Crippen LogP contribution >= 0.6 is 0 Å². The summed E-state index contributed by atoms with van der Waals surface area (Å²) in [6.45, 7) is 3.47. The van der Waals surface area contributed by atoms with Crippen LogP contribution in [0.4, 0.5) is 5.69 Å². The Balaban J connectivity index is 2.13. The Labute approximate surface area is 114 Å². The maximum Gasteiger partial charge on any atom is 0.241 e. The molecule has 4 heteroatoms. The third-order valence-electron chi connectivity index (χ3n) is 3.62. The molecule has 1 aromatic carbocycles. The molecule has 1 aliphatic rings. The summed E-state index contributed by atoms with van der Waals surface area (Å²) in [6.07, 6.45) is 2.16. The summed E-state index contributed by atoms with van der Waals surface area (Å²) in [6, 6.07) is 9.95. The average molecular weight is 257 g/mol. The zero-order chi connectivity index (χ0) is 13.7. The van der Waals surface area contributed by atoms with Gasteiger partial charge in [-0.1, -0.05) is 25.1 Å². The Kier molecular flexibility index (Phi) is 4.53. The first-order valence-electron chi connectivity index (χ1n) is 6.76. The minimum Gasteiger partial charge on any atom is -0.324 e. The van der Waals surface area contributed by atoms with E-state index < -0.39 is 0 Å². The highest BCUT2D eigenvalue weighted by Crippen LogP contribution is 2.23. The molecule has 4 nitrogen and oxygen atoms in total. The van der Waals surface area contributed by atoms with E-state index in [1.165, 1.54) is 5.56 Å². The second-order valence-corrected chi connectivity index (χ2v) is 4.74. The molecule has 1 amide bonds. The van der Waals surface area contributed by atoms with Crippen LogP contribution in [0.2, 0.25) is 0 Å². The normalized spacial score (nSPS) is 18.4. The molecule has 0 aliphatic carbocycles. The molecule has 0 fully saturated rings. The first-order valence-corrected chi connectivity index (χ1v) is 6.76. The molecule has 100 valence electrons. The summed E-state index contributed by atoms with van der Waals surface area (Å²) in [4.78, 5) is 14.4. The molecule has 2 rings (SSSR count). The van der Waals surface area contributed by atoms with Crippen LogP contribution in [0.1, 0.15) is 25.3 Å². The second kappa shape index (κ2) is 6.35. The van der Waals surface area contributed by atoms with Crippen molar-refractivity contribution in [3.8, 4) is 6.07 Å². The molecule has 0 saturated carbocycles. The molecule has 1 aromatic rings. The first-order chi connectivity index (χ1) is 9.26. The van der Waals surface area contributed by atoms with Crippen LogP contribution in [0, 0.1) is 11.3 Å². The van der Waals surface area contributed by atoms with E-state index in [2.05, 4.69) is 22.4 Å². The van der Waals surface area contributed by atoms with Crippen molar-refractivity contribution in [2.24, 2.45) is 0 Å². The summed E-state index contributed by atoms with van der Waals surface area (Å²) in [5.74, 6) is 0.0461. The van der Waals surface area contributed by atoms with Crippen LogP contribution in [-0.2, 0) is 11.2 Å². The highest BCUT2D eigenvalue weighted by Gasteiger charge is 2.27. The largest absolute Gasteiger partial charge is 0.324 e. The van der Waals surface area contributed by atoms with Crippen molar-refractivity contribution in [2.75, 3.05) is 18.4 Å². The fraction of sp³-hybridized carbons (Fsp3) is 0.467. The quantitative estimate of drug-likeness (QED) is 0.899. The topological polar surface area (TPSA) is 56.1 Å². The number of para-hydroxylation sites is 1. The maximum atomic E-state index is 12.3. The first kappa shape index (κ1) is 13.6. The van der Waals surface area contributed by atoms with Gasteiger partial charge in [-0.05, 0) is 31.0 Å². The van der Waals surface area contributed by atoms with Crippen molar-refractivity contribution in [3.63, 3.8) is 0 Å². The van der Waals surface area contributed by atoms with E-state index in [-0.39, 0.29) is 11.9 Å². The Morgan fingerprint density at radius 2 is 2.26 bits per heavy atom. The Hall–Kier alpha value is -1.86. The highest BCUT2D eigenvalue weighted by atomic mass is 16.2. The smallest absolute Gasteiger partial charge is 0.241 e. The molecule has 1 N–H and O–H groups in total. The van der Waals surface area contributed by atoms with Gasteiger partial charge in [0.15, 0.2) is 0 Å². The number of hydrogen-bond acceptors (Lipinski definition) is 3. The summed E-state index contributed by atoms with van der Waals surface area (Å²) in [5, 5.41) is 11.7. The molecule has 19 heavy (non-hydrogen) atoms. The number of carbonyl (C=O) groups is 1. The fourth-order valence-corrected chi connectivity index (χ4v) is 2.58. The lowest BCUT2D eigenvalue weighted by Crippen LogP contribution is -2.43. The van der Waals surface area contributed by atoms with Crippen LogP contribution in [-0.4, -0.2) is 29.9 Å². The zero-order valence-corrected chi connectivity index (χ0v) is 11.2. The van der Waals surface area contributed by atoms with E-state index in [1.807, 2.05) is 25.1 Å². The number of likely N-dealkylation sites (N-methyl/N-ethyl adjacent to an activating group) is 1. The van der Waals surface area contributed by atoms with Crippen LogP contribution in [0.25, 0.3) is 0 Å². The standard InChI is InChI=1S/C15H19N3O/c1-2-18(11-5-10-16)14-9-8-12-6-3-4-7-13(12)17-15(14)19/h3-4,6-7,14H,2,5,8-9,11H2,1H3,(H,17,19). The predicted molar refractivity (Wildman–Crippen MR) is 74.7 cm³/mol. The van der Waals surface area contributed by atoms with Gasteiger partial charge in [-0.2, -0.15) is 5.26 Å². The van der Waals surface area contributed by atoms with Crippen LogP contribution in [0.3, 0.4) is 0 Å². The average Bonchev–Trinajstić information content (AvgIpc) is 2.59. The van der Waals surface area contributed by atoms with Crippen LogP contribution in [0.5, 0.6) is 0 Å². The van der Waals surface area contributed by atoms with E-state index >= 15 is 0 Å². The molecule has 1 aliphatic heterocycles. The van der Waals surface area contributed by atoms with Crippen molar-refractivity contribution >= 4 is 11.6 Å². The zero-order valence-electron chi connectivity index (χ0n) is 11.2. The van der Waals surface area contributed by atoms with Crippen LogP contribution < -0.4 is 5.32 Å². The Morgan fingerprint density at radius 3 is 3.00 bits per heavy atom. The number of rotatable bonds is 4. The van der Waals surface area contributed by atoms with Gasteiger partial charge in [0.25, 0.3) is 0 Å². The van der Waals surface area contributed by atoms with Crippen molar-refractivity contribution < 1.29 is 4.79 Å². The molecular weight excluding hydrogens is 238 g/mol. The highest BCUT2D eigenvalue weighted by molar-refractivity contribution is 5.96. The van der Waals surface area contributed by atoms with Gasteiger partial charge in [0.05, 0.1) is 12.1 Å². The number of anilines is 1. The summed E-state index contributed by atoms with van der Waals surface area (Å²) < 4.78 is 0. The third kappa shape index (κ3) is 3.12. The van der Waals surface area contributed by atoms with Gasteiger partial charge < -0.3 is 5.32 Å². The minimum atomic E-state index is -0.134. The number of nitrogens with zero attached hydrogens (tertiary/aromatic N) is 2. The van der Waals surface area contributed by atoms with Crippen molar-refractivity contribution in [3.05, 3.63) is 29.8 Å². The molecule has 0 radical (unpaired) electrons. The molecule has 0 aromatic heterocycles. The number of fused-ring (bicyclic) bond motifs is 1. The lowest BCUT2D eigenvalue weighted by atomic mass is 10.0. The summed E-state index contributed by atoms with van der Waals surface area (Å²) >= 11 is 0. The monoisotopic (exact) mass is 257 g/mol. The van der Waals surface area contributed by atoms with Gasteiger partial charge in [-0.3, -0.25) is 9.69 Å². The number of amides is 1. The number of hydrogen-bond donors (Lipinski definition) is 1. The molecule has 1 heterocycles. The minimum absolute atomic E-state index is 0.0461. The van der Waals surface area contributed by atoms with Gasteiger partial charge in [0.2, 0.25) is 5.91 Å². The molecule has 0 bridgehead atoms. The maximum absolute atomic E-state index is 12.3. The number of aryl methyl sites for hydroxylation is 1. The van der Waals surface area contributed by atoms with E-state index in [0.717, 1.165) is 25.1 Å². The molecular formula is C15H19N3O. The number of benzene rings is 1. The lowest BCUT2D eigenvalue weighted by Gasteiger charge is -2.27. The Bertz CT molecular complexity index is 492. The van der Waals surface area contributed by atoms with Gasteiger partial charge in [0, 0.05) is 18.7 Å². The Morgan fingerprint density at radius 1 is 1.47 bits per heavy atom. The molecule has 0 spiro atoms. The van der Waals surface area contributed by atoms with E-state index in [4.69, 9.17) is 5.26 Å². The molecule has 1 atom stereocenters. The summed E-state index contributed by atoms with van der Waals surface area (Å²) in [5.41, 5.74) is 2.11.